The fraction of sp³-hybridized carbons (Fsp3) is 0.364. The quantitative estimate of drug-likeness (QED) is 0.589. The Morgan fingerprint density at radius 1 is 1.08 bits per heavy atom. The number of para-hydroxylation sites is 1. The van der Waals surface area contributed by atoms with Crippen LogP contribution in [-0.2, 0) is 0 Å². The van der Waals surface area contributed by atoms with Gasteiger partial charge in [-0.05, 0) is 62.0 Å². The van der Waals surface area contributed by atoms with Gasteiger partial charge in [-0.15, -0.1) is 0 Å². The highest BCUT2D eigenvalue weighted by Gasteiger charge is 2.27. The summed E-state index contributed by atoms with van der Waals surface area (Å²) in [7, 11) is 0. The fourth-order valence-electron chi connectivity index (χ4n) is 4.21. The monoisotopic (exact) mass is 337 g/mol. The van der Waals surface area contributed by atoms with Crippen LogP contribution in [0.4, 0.5) is 4.39 Å². The number of halogens is 1. The average molecular weight is 337 g/mol. The van der Waals surface area contributed by atoms with Gasteiger partial charge in [0.05, 0.1) is 6.26 Å². The number of hydrogen-bond acceptors (Lipinski definition) is 2. The zero-order valence-corrected chi connectivity index (χ0v) is 14.6. The van der Waals surface area contributed by atoms with Crippen molar-refractivity contribution in [2.45, 2.75) is 38.1 Å². The maximum atomic E-state index is 13.1. The van der Waals surface area contributed by atoms with Crippen molar-refractivity contribution >= 4 is 11.0 Å². The van der Waals surface area contributed by atoms with Gasteiger partial charge in [-0.2, -0.15) is 0 Å². The standard InChI is InChI=1S/C22H24FNO/c1-2-21(20-15-25-22-6-4-3-5-19(20)22)24-13-11-17(12-14-24)16-7-9-18(23)10-8-16/h3-10,15,17,21H,2,11-14H2,1H3. The predicted octanol–water partition coefficient (Wildman–Crippen LogP) is 5.90. The second kappa shape index (κ2) is 7.01. The molecule has 1 aliphatic rings. The minimum Gasteiger partial charge on any atom is -0.464 e. The molecule has 1 aliphatic heterocycles. The van der Waals surface area contributed by atoms with Crippen molar-refractivity contribution in [3.8, 4) is 0 Å². The lowest BCUT2D eigenvalue weighted by atomic mass is 9.88. The third kappa shape index (κ3) is 3.21. The van der Waals surface area contributed by atoms with E-state index < -0.39 is 0 Å². The average Bonchev–Trinajstić information content (AvgIpc) is 3.08. The summed E-state index contributed by atoms with van der Waals surface area (Å²) >= 11 is 0. The van der Waals surface area contributed by atoms with E-state index in [1.807, 2.05) is 30.5 Å². The highest BCUT2D eigenvalue weighted by Crippen LogP contribution is 2.36. The van der Waals surface area contributed by atoms with E-state index in [2.05, 4.69) is 24.0 Å². The van der Waals surface area contributed by atoms with Crippen LogP contribution in [0.5, 0.6) is 0 Å². The zero-order valence-electron chi connectivity index (χ0n) is 14.6. The molecule has 4 rings (SSSR count). The number of rotatable bonds is 4. The molecule has 1 saturated heterocycles. The van der Waals surface area contributed by atoms with Gasteiger partial charge in [0.1, 0.15) is 11.4 Å². The van der Waals surface area contributed by atoms with Crippen LogP contribution in [0.3, 0.4) is 0 Å². The summed E-state index contributed by atoms with van der Waals surface area (Å²) in [6, 6.07) is 15.7. The Hall–Kier alpha value is -2.13. The van der Waals surface area contributed by atoms with Gasteiger partial charge < -0.3 is 4.42 Å². The second-order valence-corrected chi connectivity index (χ2v) is 6.97. The Labute approximate surface area is 148 Å². The molecule has 130 valence electrons. The molecule has 3 aromatic rings. The first-order valence-electron chi connectivity index (χ1n) is 9.22. The van der Waals surface area contributed by atoms with Gasteiger partial charge in [0.15, 0.2) is 0 Å². The van der Waals surface area contributed by atoms with E-state index in [4.69, 9.17) is 4.42 Å². The first kappa shape index (κ1) is 16.3. The van der Waals surface area contributed by atoms with Gasteiger partial charge in [-0.25, -0.2) is 4.39 Å². The first-order chi connectivity index (χ1) is 12.3. The van der Waals surface area contributed by atoms with Crippen LogP contribution in [-0.4, -0.2) is 18.0 Å². The molecule has 0 radical (unpaired) electrons. The number of furan rings is 1. The van der Waals surface area contributed by atoms with Crippen molar-refractivity contribution in [2.75, 3.05) is 13.1 Å². The lowest BCUT2D eigenvalue weighted by molar-refractivity contribution is 0.148. The number of benzene rings is 2. The molecule has 0 aliphatic carbocycles. The van der Waals surface area contributed by atoms with E-state index in [1.165, 1.54) is 16.5 Å². The largest absolute Gasteiger partial charge is 0.464 e. The van der Waals surface area contributed by atoms with E-state index >= 15 is 0 Å². The predicted molar refractivity (Wildman–Crippen MR) is 99.2 cm³/mol. The molecule has 0 bridgehead atoms. The van der Waals surface area contributed by atoms with Gasteiger partial charge >= 0.3 is 0 Å². The SMILES string of the molecule is CCC(c1coc2ccccc12)N1CCC(c2ccc(F)cc2)CC1. The Bertz CT molecular complexity index is 831. The maximum absolute atomic E-state index is 13.1. The van der Waals surface area contributed by atoms with Gasteiger partial charge in [0.2, 0.25) is 0 Å². The number of likely N-dealkylation sites (tertiary alicyclic amines) is 1. The minimum atomic E-state index is -0.154. The highest BCUT2D eigenvalue weighted by molar-refractivity contribution is 5.81. The topological polar surface area (TPSA) is 16.4 Å². The van der Waals surface area contributed by atoms with Gasteiger partial charge in [-0.1, -0.05) is 37.3 Å². The molecular formula is C22H24FNO. The van der Waals surface area contributed by atoms with E-state index in [0.717, 1.165) is 37.9 Å². The number of fused-ring (bicyclic) bond motifs is 1. The number of hydrogen-bond donors (Lipinski definition) is 0. The van der Waals surface area contributed by atoms with E-state index in [-0.39, 0.29) is 5.82 Å². The van der Waals surface area contributed by atoms with Crippen molar-refractivity contribution in [3.63, 3.8) is 0 Å². The summed E-state index contributed by atoms with van der Waals surface area (Å²) in [5, 5.41) is 1.23. The Kier molecular flexibility index (Phi) is 4.58. The molecule has 0 amide bonds. The molecular weight excluding hydrogens is 313 g/mol. The molecule has 1 atom stereocenters. The van der Waals surface area contributed by atoms with E-state index in [0.29, 0.717) is 12.0 Å². The highest BCUT2D eigenvalue weighted by atomic mass is 19.1. The summed E-state index contributed by atoms with van der Waals surface area (Å²) < 4.78 is 18.9. The van der Waals surface area contributed by atoms with Crippen LogP contribution < -0.4 is 0 Å². The molecule has 0 saturated carbocycles. The van der Waals surface area contributed by atoms with Crippen LogP contribution in [0, 0.1) is 5.82 Å². The Morgan fingerprint density at radius 3 is 2.52 bits per heavy atom. The molecule has 1 unspecified atom stereocenters. The molecule has 2 nitrogen and oxygen atoms in total. The van der Waals surface area contributed by atoms with Crippen LogP contribution in [0.1, 0.15) is 49.3 Å². The van der Waals surface area contributed by atoms with Crippen molar-refractivity contribution < 1.29 is 8.81 Å². The van der Waals surface area contributed by atoms with Crippen LogP contribution >= 0.6 is 0 Å². The fourth-order valence-corrected chi connectivity index (χ4v) is 4.21. The molecule has 25 heavy (non-hydrogen) atoms. The summed E-state index contributed by atoms with van der Waals surface area (Å²) in [5.74, 6) is 0.384. The Balaban J connectivity index is 1.49. The van der Waals surface area contributed by atoms with E-state index in [1.54, 1.807) is 12.1 Å². The van der Waals surface area contributed by atoms with E-state index in [9.17, 15) is 4.39 Å². The third-order valence-electron chi connectivity index (χ3n) is 5.57. The van der Waals surface area contributed by atoms with Crippen LogP contribution in [0.2, 0.25) is 0 Å². The summed E-state index contributed by atoms with van der Waals surface area (Å²) in [6.07, 6.45) is 5.26. The number of nitrogens with zero attached hydrogens (tertiary/aromatic N) is 1. The van der Waals surface area contributed by atoms with Gasteiger partial charge in [0.25, 0.3) is 0 Å². The second-order valence-electron chi connectivity index (χ2n) is 6.97. The smallest absolute Gasteiger partial charge is 0.134 e. The van der Waals surface area contributed by atoms with Crippen molar-refractivity contribution in [3.05, 3.63) is 71.7 Å². The minimum absolute atomic E-state index is 0.154. The first-order valence-corrected chi connectivity index (χ1v) is 9.22. The molecule has 0 spiro atoms. The zero-order chi connectivity index (χ0) is 17.2. The number of piperidine rings is 1. The lowest BCUT2D eigenvalue weighted by Gasteiger charge is -2.37. The summed E-state index contributed by atoms with van der Waals surface area (Å²) in [5.41, 5.74) is 3.54. The molecule has 3 heteroatoms. The molecule has 1 fully saturated rings. The molecule has 1 aromatic heterocycles. The normalized spacial score (nSPS) is 17.8. The molecule has 2 heterocycles. The summed E-state index contributed by atoms with van der Waals surface area (Å²) in [4.78, 5) is 2.58. The van der Waals surface area contributed by atoms with Gasteiger partial charge in [-0.3, -0.25) is 4.90 Å². The van der Waals surface area contributed by atoms with Crippen LogP contribution in [0.25, 0.3) is 11.0 Å². The third-order valence-corrected chi connectivity index (χ3v) is 5.57. The van der Waals surface area contributed by atoms with Crippen molar-refractivity contribution in [1.29, 1.82) is 0 Å². The van der Waals surface area contributed by atoms with Gasteiger partial charge in [0, 0.05) is 17.0 Å². The lowest BCUT2D eigenvalue weighted by Crippen LogP contribution is -2.36. The van der Waals surface area contributed by atoms with Crippen molar-refractivity contribution in [1.82, 2.24) is 4.90 Å². The van der Waals surface area contributed by atoms with Crippen LogP contribution in [0.15, 0.2) is 59.2 Å². The van der Waals surface area contributed by atoms with Crippen molar-refractivity contribution in [2.24, 2.45) is 0 Å². The molecule has 0 N–H and O–H groups in total. The maximum Gasteiger partial charge on any atom is 0.134 e. The summed E-state index contributed by atoms with van der Waals surface area (Å²) in [6.45, 7) is 4.39. The molecule has 2 aromatic carbocycles. The Morgan fingerprint density at radius 2 is 1.80 bits per heavy atom.